The van der Waals surface area contributed by atoms with Gasteiger partial charge in [-0.15, -0.1) is 0 Å². The molecule has 0 aliphatic carbocycles. The van der Waals surface area contributed by atoms with Crippen molar-refractivity contribution in [3.8, 4) is 0 Å². The average Bonchev–Trinajstić information content (AvgIpc) is 2.28. The lowest BCUT2D eigenvalue weighted by atomic mass is 9.90. The Labute approximate surface area is 112 Å². The van der Waals surface area contributed by atoms with E-state index in [0.717, 1.165) is 38.9 Å². The molecule has 0 amide bonds. The van der Waals surface area contributed by atoms with Crippen molar-refractivity contribution in [2.24, 2.45) is 5.92 Å². The predicted octanol–water partition coefficient (Wildman–Crippen LogP) is 2.74. The zero-order valence-corrected chi connectivity index (χ0v) is 12.4. The Kier molecular flexibility index (Phi) is 4.68. The molecule has 2 fully saturated rings. The molecule has 18 heavy (non-hydrogen) atoms. The Morgan fingerprint density at radius 2 is 1.83 bits per heavy atom. The van der Waals surface area contributed by atoms with Crippen LogP contribution in [0.15, 0.2) is 0 Å². The van der Waals surface area contributed by atoms with Crippen molar-refractivity contribution in [2.45, 2.75) is 77.2 Å². The van der Waals surface area contributed by atoms with Crippen LogP contribution in [0, 0.1) is 5.92 Å². The summed E-state index contributed by atoms with van der Waals surface area (Å²) >= 11 is 0. The molecule has 106 valence electrons. The molecule has 3 unspecified atom stereocenters. The van der Waals surface area contributed by atoms with Gasteiger partial charge in [-0.25, -0.2) is 0 Å². The zero-order chi connectivity index (χ0) is 13.2. The summed E-state index contributed by atoms with van der Waals surface area (Å²) in [5, 5.41) is 3.84. The van der Waals surface area contributed by atoms with Crippen LogP contribution in [0.4, 0.5) is 0 Å². The molecule has 0 saturated carbocycles. The van der Waals surface area contributed by atoms with Crippen LogP contribution in [0.5, 0.6) is 0 Å². The lowest BCUT2D eigenvalue weighted by molar-refractivity contribution is -0.0701. The first-order valence-corrected chi connectivity index (χ1v) is 7.48. The summed E-state index contributed by atoms with van der Waals surface area (Å²) < 4.78 is 11.6. The van der Waals surface area contributed by atoms with Crippen LogP contribution in [0.25, 0.3) is 0 Å². The van der Waals surface area contributed by atoms with Gasteiger partial charge in [0.2, 0.25) is 0 Å². The van der Waals surface area contributed by atoms with Gasteiger partial charge in [0.1, 0.15) is 0 Å². The number of hydrogen-bond donors (Lipinski definition) is 1. The Morgan fingerprint density at radius 1 is 1.11 bits per heavy atom. The Balaban J connectivity index is 1.82. The van der Waals surface area contributed by atoms with E-state index >= 15 is 0 Å². The van der Waals surface area contributed by atoms with Gasteiger partial charge < -0.3 is 14.8 Å². The number of nitrogens with one attached hydrogen (secondary N) is 1. The maximum Gasteiger partial charge on any atom is 0.0641 e. The molecule has 0 bridgehead atoms. The normalized spacial score (nSPS) is 36.8. The lowest BCUT2D eigenvalue weighted by Gasteiger charge is -2.40. The molecule has 2 aliphatic rings. The van der Waals surface area contributed by atoms with Crippen molar-refractivity contribution in [1.29, 1.82) is 0 Å². The smallest absolute Gasteiger partial charge is 0.0641 e. The fourth-order valence-electron chi connectivity index (χ4n) is 3.15. The Hall–Kier alpha value is -0.120. The van der Waals surface area contributed by atoms with Crippen molar-refractivity contribution in [2.75, 3.05) is 13.2 Å². The summed E-state index contributed by atoms with van der Waals surface area (Å²) in [6.45, 7) is 10.7. The van der Waals surface area contributed by atoms with Crippen molar-refractivity contribution in [1.82, 2.24) is 5.32 Å². The van der Waals surface area contributed by atoms with E-state index in [9.17, 15) is 0 Å². The van der Waals surface area contributed by atoms with E-state index in [-0.39, 0.29) is 5.60 Å². The minimum Gasteiger partial charge on any atom is -0.378 e. The average molecular weight is 255 g/mol. The van der Waals surface area contributed by atoms with E-state index in [2.05, 4.69) is 33.0 Å². The molecule has 1 N–H and O–H groups in total. The minimum absolute atomic E-state index is 0.0402. The molecule has 0 aromatic heterocycles. The topological polar surface area (TPSA) is 30.5 Å². The SMILES string of the molecule is CC(C)C1CC(NC2CCOC(C)(C)C2)CCO1. The summed E-state index contributed by atoms with van der Waals surface area (Å²) in [6, 6.07) is 1.25. The van der Waals surface area contributed by atoms with E-state index in [0.29, 0.717) is 24.1 Å². The van der Waals surface area contributed by atoms with Gasteiger partial charge in [-0.05, 0) is 45.4 Å². The summed E-state index contributed by atoms with van der Waals surface area (Å²) in [4.78, 5) is 0. The van der Waals surface area contributed by atoms with Gasteiger partial charge in [0, 0.05) is 25.3 Å². The number of rotatable bonds is 3. The fourth-order valence-corrected chi connectivity index (χ4v) is 3.15. The van der Waals surface area contributed by atoms with E-state index < -0.39 is 0 Å². The zero-order valence-electron chi connectivity index (χ0n) is 12.4. The quantitative estimate of drug-likeness (QED) is 0.841. The third kappa shape index (κ3) is 3.94. The van der Waals surface area contributed by atoms with Gasteiger partial charge in [0.15, 0.2) is 0 Å². The van der Waals surface area contributed by atoms with Crippen molar-refractivity contribution in [3.63, 3.8) is 0 Å². The Bertz CT molecular complexity index is 265. The van der Waals surface area contributed by atoms with Gasteiger partial charge in [0.25, 0.3) is 0 Å². The maximum atomic E-state index is 5.84. The highest BCUT2D eigenvalue weighted by Gasteiger charge is 2.32. The second-order valence-electron chi connectivity index (χ2n) is 6.84. The Morgan fingerprint density at radius 3 is 2.50 bits per heavy atom. The van der Waals surface area contributed by atoms with Gasteiger partial charge in [0.05, 0.1) is 11.7 Å². The van der Waals surface area contributed by atoms with Gasteiger partial charge in [-0.2, -0.15) is 0 Å². The van der Waals surface area contributed by atoms with Crippen LogP contribution in [0.3, 0.4) is 0 Å². The molecule has 3 nitrogen and oxygen atoms in total. The molecule has 0 aromatic carbocycles. The molecule has 0 aromatic rings. The molecule has 3 heteroatoms. The van der Waals surface area contributed by atoms with Crippen molar-refractivity contribution >= 4 is 0 Å². The fraction of sp³-hybridized carbons (Fsp3) is 1.00. The highest BCUT2D eigenvalue weighted by Crippen LogP contribution is 2.26. The lowest BCUT2D eigenvalue weighted by Crippen LogP contribution is -2.50. The largest absolute Gasteiger partial charge is 0.378 e. The van der Waals surface area contributed by atoms with Crippen LogP contribution in [-0.4, -0.2) is 37.0 Å². The van der Waals surface area contributed by atoms with Crippen molar-refractivity contribution < 1.29 is 9.47 Å². The van der Waals surface area contributed by atoms with Crippen LogP contribution < -0.4 is 5.32 Å². The summed E-state index contributed by atoms with van der Waals surface area (Å²) in [5.41, 5.74) is 0.0402. The van der Waals surface area contributed by atoms with Crippen LogP contribution in [0.1, 0.15) is 53.4 Å². The summed E-state index contributed by atoms with van der Waals surface area (Å²) in [5.74, 6) is 0.626. The summed E-state index contributed by atoms with van der Waals surface area (Å²) in [7, 11) is 0. The second kappa shape index (κ2) is 5.89. The van der Waals surface area contributed by atoms with Crippen LogP contribution >= 0.6 is 0 Å². The molecule has 3 atom stereocenters. The molecule has 2 rings (SSSR count). The highest BCUT2D eigenvalue weighted by molar-refractivity contribution is 4.87. The second-order valence-corrected chi connectivity index (χ2v) is 6.84. The van der Waals surface area contributed by atoms with Gasteiger partial charge in [-0.1, -0.05) is 13.8 Å². The molecular formula is C15H29NO2. The molecule has 2 saturated heterocycles. The van der Waals surface area contributed by atoms with Crippen LogP contribution in [-0.2, 0) is 9.47 Å². The van der Waals surface area contributed by atoms with E-state index in [1.807, 2.05) is 0 Å². The molecular weight excluding hydrogens is 226 g/mol. The first kappa shape index (κ1) is 14.3. The van der Waals surface area contributed by atoms with Crippen LogP contribution in [0.2, 0.25) is 0 Å². The standard InChI is InChI=1S/C15H29NO2/c1-11(2)14-9-12(5-7-17-14)16-13-6-8-18-15(3,4)10-13/h11-14,16H,5-10H2,1-4H3. The first-order valence-electron chi connectivity index (χ1n) is 7.48. The van der Waals surface area contributed by atoms with E-state index in [1.54, 1.807) is 0 Å². The van der Waals surface area contributed by atoms with Gasteiger partial charge in [-0.3, -0.25) is 0 Å². The third-order valence-electron chi connectivity index (χ3n) is 4.23. The van der Waals surface area contributed by atoms with E-state index in [1.165, 1.54) is 0 Å². The third-order valence-corrected chi connectivity index (χ3v) is 4.23. The number of hydrogen-bond acceptors (Lipinski definition) is 3. The monoisotopic (exact) mass is 255 g/mol. The highest BCUT2D eigenvalue weighted by atomic mass is 16.5. The molecule has 2 heterocycles. The first-order chi connectivity index (χ1) is 8.46. The maximum absolute atomic E-state index is 5.84. The summed E-state index contributed by atoms with van der Waals surface area (Å²) in [6.07, 6.45) is 5.02. The van der Waals surface area contributed by atoms with Crippen molar-refractivity contribution in [3.05, 3.63) is 0 Å². The predicted molar refractivity (Wildman–Crippen MR) is 73.8 cm³/mol. The number of ether oxygens (including phenoxy) is 2. The molecule has 0 radical (unpaired) electrons. The van der Waals surface area contributed by atoms with E-state index in [4.69, 9.17) is 9.47 Å². The molecule has 2 aliphatic heterocycles. The van der Waals surface area contributed by atoms with Gasteiger partial charge >= 0.3 is 0 Å². The molecule has 0 spiro atoms. The minimum atomic E-state index is 0.0402.